The lowest BCUT2D eigenvalue weighted by atomic mass is 9.95. The minimum atomic E-state index is -0.816. The summed E-state index contributed by atoms with van der Waals surface area (Å²) in [5.41, 5.74) is 1.78. The van der Waals surface area contributed by atoms with Gasteiger partial charge in [-0.05, 0) is 54.4 Å². The van der Waals surface area contributed by atoms with Crippen LogP contribution in [0.15, 0.2) is 72.6 Å². The number of carbonyl (C=O) groups excluding carboxylic acids is 2. The summed E-state index contributed by atoms with van der Waals surface area (Å²) in [6, 6.07) is 14.9. The molecule has 8 nitrogen and oxygen atoms in total. The van der Waals surface area contributed by atoms with Crippen molar-refractivity contribution in [2.75, 3.05) is 19.8 Å². The number of fused-ring (bicyclic) bond motifs is 1. The Kier molecular flexibility index (Phi) is 6.10. The molecular weight excluding hydrogens is 448 g/mol. The summed E-state index contributed by atoms with van der Waals surface area (Å²) in [6.07, 6.45) is 3.29. The third-order valence-electron chi connectivity index (χ3n) is 5.92. The number of nitrogens with zero attached hydrogens (tertiary/aromatic N) is 2. The van der Waals surface area contributed by atoms with E-state index in [0.29, 0.717) is 48.2 Å². The summed E-state index contributed by atoms with van der Waals surface area (Å²) in [5.74, 6) is -0.0875. The largest absolute Gasteiger partial charge is 0.507 e. The Labute approximate surface area is 202 Å². The van der Waals surface area contributed by atoms with Crippen molar-refractivity contribution in [3.63, 3.8) is 0 Å². The molecule has 0 radical (unpaired) electrons. The van der Waals surface area contributed by atoms with Gasteiger partial charge in [0.05, 0.1) is 18.2 Å². The molecular formula is C27H24N2O6. The maximum Gasteiger partial charge on any atom is 0.295 e. The smallest absolute Gasteiger partial charge is 0.295 e. The van der Waals surface area contributed by atoms with Crippen molar-refractivity contribution in [1.82, 2.24) is 9.88 Å². The van der Waals surface area contributed by atoms with Gasteiger partial charge in [-0.3, -0.25) is 14.6 Å². The summed E-state index contributed by atoms with van der Waals surface area (Å²) in [7, 11) is 0. The molecule has 0 spiro atoms. The highest BCUT2D eigenvalue weighted by Crippen LogP contribution is 2.42. The van der Waals surface area contributed by atoms with E-state index in [2.05, 4.69) is 4.98 Å². The van der Waals surface area contributed by atoms with Crippen LogP contribution in [-0.4, -0.2) is 46.5 Å². The van der Waals surface area contributed by atoms with Crippen LogP contribution in [0.3, 0.4) is 0 Å². The van der Waals surface area contributed by atoms with Crippen LogP contribution >= 0.6 is 0 Å². The second-order valence-corrected chi connectivity index (χ2v) is 8.15. The number of Topliss-reactive ketones (excluding diaryl/α,β-unsaturated/α-hetero) is 1. The number of hydrogen-bond acceptors (Lipinski definition) is 7. The lowest BCUT2D eigenvalue weighted by Crippen LogP contribution is -2.29. The molecule has 2 aromatic carbocycles. The molecule has 5 rings (SSSR count). The molecule has 178 valence electrons. The molecule has 0 saturated carbocycles. The molecule has 2 aliphatic heterocycles. The average Bonchev–Trinajstić information content (AvgIpc) is 3.14. The first-order valence-electron chi connectivity index (χ1n) is 11.4. The number of aliphatic hydroxyl groups excluding tert-OH is 1. The van der Waals surface area contributed by atoms with Crippen molar-refractivity contribution < 1.29 is 28.9 Å². The van der Waals surface area contributed by atoms with E-state index in [1.807, 2.05) is 19.1 Å². The molecule has 1 saturated heterocycles. The van der Waals surface area contributed by atoms with Gasteiger partial charge >= 0.3 is 0 Å². The lowest BCUT2D eigenvalue weighted by Gasteiger charge is -2.26. The van der Waals surface area contributed by atoms with E-state index in [-0.39, 0.29) is 17.9 Å². The fourth-order valence-corrected chi connectivity index (χ4v) is 4.37. The number of pyridine rings is 1. The Morgan fingerprint density at radius 1 is 1.09 bits per heavy atom. The van der Waals surface area contributed by atoms with Gasteiger partial charge in [0, 0.05) is 24.5 Å². The van der Waals surface area contributed by atoms with E-state index < -0.39 is 17.7 Å². The Morgan fingerprint density at radius 3 is 2.69 bits per heavy atom. The van der Waals surface area contributed by atoms with E-state index in [9.17, 15) is 14.7 Å². The summed E-state index contributed by atoms with van der Waals surface area (Å²) in [5, 5.41) is 11.3. The summed E-state index contributed by atoms with van der Waals surface area (Å²) >= 11 is 0. The molecule has 2 aliphatic rings. The van der Waals surface area contributed by atoms with Crippen LogP contribution in [0.25, 0.3) is 5.76 Å². The standard InChI is InChI=1S/C27H24N2O6/c1-2-33-20-7-3-6-18(13-20)24-23(25(30)19-8-9-21-22(14-19)35-12-11-34-21)26(31)27(32)29(24)16-17-5-4-10-28-15-17/h3-10,13-15,24,30H,2,11-12,16H2,1H3/b25-23+/t24-/m0/s1. The Morgan fingerprint density at radius 2 is 1.91 bits per heavy atom. The fourth-order valence-electron chi connectivity index (χ4n) is 4.37. The van der Waals surface area contributed by atoms with Crippen molar-refractivity contribution >= 4 is 17.4 Å². The number of aliphatic hydroxyl groups is 1. The van der Waals surface area contributed by atoms with Gasteiger partial charge in [0.15, 0.2) is 11.5 Å². The quantitative estimate of drug-likeness (QED) is 0.330. The lowest BCUT2D eigenvalue weighted by molar-refractivity contribution is -0.140. The molecule has 3 aromatic rings. The molecule has 3 heterocycles. The number of hydrogen-bond donors (Lipinski definition) is 1. The highest BCUT2D eigenvalue weighted by Gasteiger charge is 2.46. The zero-order valence-electron chi connectivity index (χ0n) is 19.1. The number of likely N-dealkylation sites (tertiary alicyclic amines) is 1. The average molecular weight is 472 g/mol. The van der Waals surface area contributed by atoms with E-state index >= 15 is 0 Å². The zero-order valence-corrected chi connectivity index (χ0v) is 19.1. The predicted octanol–water partition coefficient (Wildman–Crippen LogP) is 3.87. The predicted molar refractivity (Wildman–Crippen MR) is 127 cm³/mol. The van der Waals surface area contributed by atoms with Crippen molar-refractivity contribution in [3.8, 4) is 17.2 Å². The van der Waals surface area contributed by atoms with Crippen molar-refractivity contribution in [2.45, 2.75) is 19.5 Å². The minimum absolute atomic E-state index is 0.00390. The first-order valence-corrected chi connectivity index (χ1v) is 11.4. The van der Waals surface area contributed by atoms with Gasteiger partial charge in [-0.1, -0.05) is 18.2 Å². The highest BCUT2D eigenvalue weighted by atomic mass is 16.6. The molecule has 1 atom stereocenters. The third kappa shape index (κ3) is 4.30. The van der Waals surface area contributed by atoms with Crippen LogP contribution in [0.1, 0.15) is 29.7 Å². The molecule has 1 fully saturated rings. The van der Waals surface area contributed by atoms with Gasteiger partial charge in [-0.15, -0.1) is 0 Å². The number of ether oxygens (including phenoxy) is 3. The highest BCUT2D eigenvalue weighted by molar-refractivity contribution is 6.46. The Balaban J connectivity index is 1.63. The second-order valence-electron chi connectivity index (χ2n) is 8.15. The maximum atomic E-state index is 13.3. The van der Waals surface area contributed by atoms with Gasteiger partial charge in [0.1, 0.15) is 24.7 Å². The first kappa shape index (κ1) is 22.5. The summed E-state index contributed by atoms with van der Waals surface area (Å²) in [4.78, 5) is 32.1. The van der Waals surface area contributed by atoms with Crippen molar-refractivity contribution in [3.05, 3.63) is 89.3 Å². The number of ketones is 1. The zero-order chi connectivity index (χ0) is 24.4. The molecule has 1 aromatic heterocycles. The van der Waals surface area contributed by atoms with Crippen LogP contribution in [-0.2, 0) is 16.1 Å². The number of amides is 1. The molecule has 0 aliphatic carbocycles. The number of carbonyl (C=O) groups is 2. The summed E-state index contributed by atoms with van der Waals surface area (Å²) < 4.78 is 16.8. The molecule has 1 N–H and O–H groups in total. The monoisotopic (exact) mass is 472 g/mol. The van der Waals surface area contributed by atoms with E-state index in [4.69, 9.17) is 14.2 Å². The van der Waals surface area contributed by atoms with Crippen LogP contribution in [0, 0.1) is 0 Å². The van der Waals surface area contributed by atoms with Gasteiger partial charge in [0.25, 0.3) is 11.7 Å². The molecule has 0 unspecified atom stereocenters. The van der Waals surface area contributed by atoms with Gasteiger partial charge < -0.3 is 24.2 Å². The van der Waals surface area contributed by atoms with E-state index in [0.717, 1.165) is 5.56 Å². The minimum Gasteiger partial charge on any atom is -0.507 e. The van der Waals surface area contributed by atoms with Crippen molar-refractivity contribution in [2.24, 2.45) is 0 Å². The Hall–Kier alpha value is -4.33. The normalized spacial score (nSPS) is 18.5. The fraction of sp³-hybridized carbons (Fsp3) is 0.222. The SMILES string of the molecule is CCOc1cccc([C@H]2/C(=C(\O)c3ccc4c(c3)OCCO4)C(=O)C(=O)N2Cc2cccnc2)c1. The third-order valence-corrected chi connectivity index (χ3v) is 5.92. The van der Waals surface area contributed by atoms with Crippen LogP contribution in [0.5, 0.6) is 17.2 Å². The number of rotatable bonds is 6. The summed E-state index contributed by atoms with van der Waals surface area (Å²) in [6.45, 7) is 3.32. The van der Waals surface area contributed by atoms with Gasteiger partial charge in [-0.2, -0.15) is 0 Å². The van der Waals surface area contributed by atoms with Crippen LogP contribution in [0.2, 0.25) is 0 Å². The number of aromatic nitrogens is 1. The topological polar surface area (TPSA) is 98.2 Å². The molecule has 35 heavy (non-hydrogen) atoms. The first-order chi connectivity index (χ1) is 17.1. The van der Waals surface area contributed by atoms with Crippen LogP contribution < -0.4 is 14.2 Å². The molecule has 0 bridgehead atoms. The van der Waals surface area contributed by atoms with Crippen LogP contribution in [0.4, 0.5) is 0 Å². The second kappa shape index (κ2) is 9.50. The number of benzene rings is 2. The van der Waals surface area contributed by atoms with Crippen molar-refractivity contribution in [1.29, 1.82) is 0 Å². The molecule has 8 heteroatoms. The van der Waals surface area contributed by atoms with Gasteiger partial charge in [-0.25, -0.2) is 0 Å². The van der Waals surface area contributed by atoms with Gasteiger partial charge in [0.2, 0.25) is 0 Å². The van der Waals surface area contributed by atoms with E-state index in [1.165, 1.54) is 4.90 Å². The maximum absolute atomic E-state index is 13.3. The Bertz CT molecular complexity index is 1300. The molecule has 1 amide bonds. The van der Waals surface area contributed by atoms with E-state index in [1.54, 1.807) is 54.9 Å².